The summed E-state index contributed by atoms with van der Waals surface area (Å²) < 4.78 is 0. The highest BCUT2D eigenvalue weighted by molar-refractivity contribution is 6.00. The Morgan fingerprint density at radius 2 is 0.912 bits per heavy atom. The minimum absolute atomic E-state index is 0.0867. The molecule has 0 aliphatic heterocycles. The highest BCUT2D eigenvalue weighted by Crippen LogP contribution is 2.24. The average Bonchev–Trinajstić information content (AvgIpc) is 2.80. The molecular formula is C30H36N2O2. The molecule has 0 spiro atoms. The van der Waals surface area contributed by atoms with Crippen molar-refractivity contribution >= 4 is 11.8 Å². The average molecular weight is 457 g/mol. The molecule has 4 heteroatoms. The largest absolute Gasteiger partial charge is 0.329 e. The fraction of sp³-hybridized carbons (Fsp3) is 0.333. The van der Waals surface area contributed by atoms with Crippen molar-refractivity contribution in [2.24, 2.45) is 0 Å². The smallest absolute Gasteiger partial charge is 0.254 e. The normalized spacial score (nSPS) is 11.7. The molecule has 0 bridgehead atoms. The van der Waals surface area contributed by atoms with E-state index in [1.54, 1.807) is 24.3 Å². The summed E-state index contributed by atoms with van der Waals surface area (Å²) in [4.78, 5) is 31.0. The predicted octanol–water partition coefficient (Wildman–Crippen LogP) is 6.57. The first kappa shape index (κ1) is 25.2. The topological polar surface area (TPSA) is 40.6 Å². The molecule has 3 rings (SSSR count). The summed E-state index contributed by atoms with van der Waals surface area (Å²) in [5.74, 6) is -0.173. The van der Waals surface area contributed by atoms with Crippen LogP contribution < -0.4 is 0 Å². The van der Waals surface area contributed by atoms with Crippen LogP contribution in [0.3, 0.4) is 0 Å². The summed E-state index contributed by atoms with van der Waals surface area (Å²) >= 11 is 0. The number of benzene rings is 3. The number of carbonyl (C=O) groups is 2. The van der Waals surface area contributed by atoms with Gasteiger partial charge in [0.1, 0.15) is 0 Å². The maximum atomic E-state index is 13.6. The minimum atomic E-state index is -0.377. The molecule has 34 heavy (non-hydrogen) atoms. The van der Waals surface area contributed by atoms with Gasteiger partial charge in [-0.05, 0) is 70.9 Å². The molecule has 178 valence electrons. The lowest BCUT2D eigenvalue weighted by atomic mass is 9.99. The zero-order chi connectivity index (χ0) is 24.9. The zero-order valence-corrected chi connectivity index (χ0v) is 21.2. The zero-order valence-electron chi connectivity index (χ0n) is 21.2. The Morgan fingerprint density at radius 1 is 0.559 bits per heavy atom. The fourth-order valence-electron chi connectivity index (χ4n) is 3.86. The summed E-state index contributed by atoms with van der Waals surface area (Å²) in [6, 6.07) is 27.1. The van der Waals surface area contributed by atoms with Crippen LogP contribution in [-0.2, 0) is 13.1 Å². The molecule has 0 heterocycles. The van der Waals surface area contributed by atoms with Crippen LogP contribution in [0.2, 0.25) is 0 Å². The van der Waals surface area contributed by atoms with Crippen molar-refractivity contribution in [3.8, 4) is 0 Å². The Morgan fingerprint density at radius 3 is 1.24 bits per heavy atom. The van der Waals surface area contributed by atoms with Gasteiger partial charge in [0.05, 0.1) is 0 Å². The predicted molar refractivity (Wildman–Crippen MR) is 139 cm³/mol. The van der Waals surface area contributed by atoms with Gasteiger partial charge in [-0.3, -0.25) is 9.59 Å². The Hall–Kier alpha value is -3.40. The molecular weight excluding hydrogens is 420 g/mol. The molecule has 0 fully saturated rings. The van der Waals surface area contributed by atoms with E-state index in [9.17, 15) is 9.59 Å². The third kappa shape index (κ3) is 6.34. The van der Waals surface area contributed by atoms with Gasteiger partial charge >= 0.3 is 0 Å². The highest BCUT2D eigenvalue weighted by atomic mass is 16.2. The van der Waals surface area contributed by atoms with E-state index in [2.05, 4.69) is 0 Å². The van der Waals surface area contributed by atoms with Gasteiger partial charge in [-0.2, -0.15) is 0 Å². The summed E-state index contributed by atoms with van der Waals surface area (Å²) in [7, 11) is 0. The number of hydrogen-bond donors (Lipinski definition) is 0. The van der Waals surface area contributed by atoms with Crippen molar-refractivity contribution in [1.82, 2.24) is 9.80 Å². The number of rotatable bonds is 6. The maximum Gasteiger partial charge on any atom is 0.254 e. The lowest BCUT2D eigenvalue weighted by molar-refractivity contribution is 0.0558. The molecule has 0 aromatic heterocycles. The monoisotopic (exact) mass is 456 g/mol. The van der Waals surface area contributed by atoms with E-state index < -0.39 is 0 Å². The van der Waals surface area contributed by atoms with Crippen molar-refractivity contribution in [2.75, 3.05) is 0 Å². The highest BCUT2D eigenvalue weighted by Gasteiger charge is 2.30. The van der Waals surface area contributed by atoms with Crippen molar-refractivity contribution in [1.29, 1.82) is 0 Å². The van der Waals surface area contributed by atoms with Gasteiger partial charge in [0.2, 0.25) is 0 Å². The van der Waals surface area contributed by atoms with Crippen LogP contribution in [0, 0.1) is 0 Å². The van der Waals surface area contributed by atoms with Gasteiger partial charge in [-0.1, -0.05) is 66.7 Å². The first-order valence-electron chi connectivity index (χ1n) is 11.8. The molecule has 0 aliphatic rings. The second-order valence-corrected chi connectivity index (χ2v) is 10.7. The first-order valence-corrected chi connectivity index (χ1v) is 11.8. The van der Waals surface area contributed by atoms with Gasteiger partial charge < -0.3 is 9.80 Å². The third-order valence-corrected chi connectivity index (χ3v) is 5.83. The number of hydrogen-bond acceptors (Lipinski definition) is 2. The maximum absolute atomic E-state index is 13.6. The van der Waals surface area contributed by atoms with Gasteiger partial charge in [-0.25, -0.2) is 0 Å². The van der Waals surface area contributed by atoms with Crippen LogP contribution in [0.15, 0.2) is 84.9 Å². The van der Waals surface area contributed by atoms with Gasteiger partial charge in [0, 0.05) is 35.3 Å². The number of carbonyl (C=O) groups excluding carboxylic acids is 2. The van der Waals surface area contributed by atoms with E-state index in [4.69, 9.17) is 0 Å². The summed E-state index contributed by atoms with van der Waals surface area (Å²) in [5.41, 5.74) is 2.42. The molecule has 3 aromatic carbocycles. The van der Waals surface area contributed by atoms with Crippen LogP contribution in [0.4, 0.5) is 0 Å². The van der Waals surface area contributed by atoms with E-state index in [1.165, 1.54) is 0 Å². The van der Waals surface area contributed by atoms with Crippen LogP contribution in [0.25, 0.3) is 0 Å². The molecule has 0 saturated carbocycles. The van der Waals surface area contributed by atoms with Crippen molar-refractivity contribution < 1.29 is 9.59 Å². The van der Waals surface area contributed by atoms with Gasteiger partial charge in [-0.15, -0.1) is 0 Å². The van der Waals surface area contributed by atoms with Gasteiger partial charge in [0.25, 0.3) is 11.8 Å². The van der Waals surface area contributed by atoms with E-state index in [-0.39, 0.29) is 22.9 Å². The second-order valence-electron chi connectivity index (χ2n) is 10.7. The SMILES string of the molecule is CC(C)(C)N(Cc1ccccc1)C(=O)c1cccc(C(=O)N(Cc2ccccc2)C(C)(C)C)c1. The summed E-state index contributed by atoms with van der Waals surface area (Å²) in [6.07, 6.45) is 0. The van der Waals surface area contributed by atoms with Crippen LogP contribution in [-0.4, -0.2) is 32.7 Å². The third-order valence-electron chi connectivity index (χ3n) is 5.83. The van der Waals surface area contributed by atoms with E-state index >= 15 is 0 Å². The Balaban J connectivity index is 1.90. The molecule has 0 N–H and O–H groups in total. The van der Waals surface area contributed by atoms with Crippen molar-refractivity contribution in [3.05, 3.63) is 107 Å². The second kappa shape index (κ2) is 10.3. The minimum Gasteiger partial charge on any atom is -0.329 e. The Kier molecular flexibility index (Phi) is 7.61. The lowest BCUT2D eigenvalue weighted by Gasteiger charge is -2.37. The quantitative estimate of drug-likeness (QED) is 0.421. The van der Waals surface area contributed by atoms with E-state index in [0.717, 1.165) is 11.1 Å². The van der Waals surface area contributed by atoms with E-state index in [1.807, 2.05) is 112 Å². The molecule has 0 aliphatic carbocycles. The molecule has 0 radical (unpaired) electrons. The van der Waals surface area contributed by atoms with E-state index in [0.29, 0.717) is 24.2 Å². The standard InChI is InChI=1S/C30H36N2O2/c1-29(2,3)31(21-23-14-9-7-10-15-23)27(33)25-18-13-19-26(20-25)28(34)32(30(4,5)6)22-24-16-11-8-12-17-24/h7-20H,21-22H2,1-6H3. The Labute approximate surface area is 204 Å². The molecule has 2 amide bonds. The van der Waals surface area contributed by atoms with Crippen molar-refractivity contribution in [2.45, 2.75) is 65.7 Å². The fourth-order valence-corrected chi connectivity index (χ4v) is 3.86. The van der Waals surface area contributed by atoms with Crippen molar-refractivity contribution in [3.63, 3.8) is 0 Å². The molecule has 0 unspecified atom stereocenters. The van der Waals surface area contributed by atoms with Crippen LogP contribution in [0.1, 0.15) is 73.4 Å². The summed E-state index contributed by atoms with van der Waals surface area (Å²) in [6.45, 7) is 13.2. The number of nitrogens with zero attached hydrogens (tertiary/aromatic N) is 2. The van der Waals surface area contributed by atoms with Crippen LogP contribution in [0.5, 0.6) is 0 Å². The lowest BCUT2D eigenvalue weighted by Crippen LogP contribution is -2.46. The molecule has 0 saturated heterocycles. The van der Waals surface area contributed by atoms with Crippen LogP contribution >= 0.6 is 0 Å². The Bertz CT molecular complexity index is 1020. The summed E-state index contributed by atoms with van der Waals surface area (Å²) in [5, 5.41) is 0. The molecule has 0 atom stereocenters. The molecule has 3 aromatic rings. The number of amides is 2. The van der Waals surface area contributed by atoms with Gasteiger partial charge in [0.15, 0.2) is 0 Å². The molecule has 4 nitrogen and oxygen atoms in total. The first-order chi connectivity index (χ1) is 16.0.